The summed E-state index contributed by atoms with van der Waals surface area (Å²) in [5, 5.41) is 3.58. The third-order valence-electron chi connectivity index (χ3n) is 0.301. The maximum Gasteiger partial charge on any atom is 0.248 e. The van der Waals surface area contributed by atoms with Crippen molar-refractivity contribution in [2.75, 3.05) is 0 Å². The molecule has 0 spiro atoms. The van der Waals surface area contributed by atoms with E-state index in [1.165, 1.54) is 0 Å². The molecule has 0 radical (unpaired) electrons. The molecular formula is C4H9NO2. The van der Waals surface area contributed by atoms with Gasteiger partial charge in [-0.25, -0.2) is 0 Å². The van der Waals surface area contributed by atoms with Crippen LogP contribution in [0.3, 0.4) is 0 Å². The molecule has 3 heteroatoms. The lowest BCUT2D eigenvalue weighted by Crippen LogP contribution is -2.37. The van der Waals surface area contributed by atoms with Crippen molar-refractivity contribution >= 4 is 5.91 Å². The molecule has 0 aliphatic rings. The highest BCUT2D eigenvalue weighted by atomic mass is 16.3. The first-order valence-corrected chi connectivity index (χ1v) is 1.38. The Morgan fingerprint density at radius 2 is 3.00 bits per heavy atom. The van der Waals surface area contributed by atoms with Crippen molar-refractivity contribution in [2.45, 2.75) is 19.3 Å². The molecule has 0 fully saturated rings. The van der Waals surface area contributed by atoms with Gasteiger partial charge in [-0.15, -0.1) is 0 Å². The highest BCUT2D eigenvalue weighted by Gasteiger charge is 2.18. The number of rotatable bonds is 2. The SMILES string of the molecule is [2H]OC(C(=O)N([2H])[2H])(C([2H])([2H])[2H])C([2H])([2H])[2H]. The molecule has 0 aromatic heterocycles. The Labute approximate surface area is 55.0 Å². The topological polar surface area (TPSA) is 63.3 Å². The van der Waals surface area contributed by atoms with Crippen molar-refractivity contribution in [2.24, 2.45) is 5.72 Å². The minimum absolute atomic E-state index is 0.729. The summed E-state index contributed by atoms with van der Waals surface area (Å²) in [5.41, 5.74) is -4.25. The van der Waals surface area contributed by atoms with Crippen LogP contribution in [-0.4, -0.2) is 18.0 Å². The van der Waals surface area contributed by atoms with Crippen LogP contribution in [0.2, 0.25) is 2.82 Å². The van der Waals surface area contributed by atoms with Crippen LogP contribution in [0.15, 0.2) is 0 Å². The molecule has 0 saturated carbocycles. The lowest BCUT2D eigenvalue weighted by Gasteiger charge is -2.09. The summed E-state index contributed by atoms with van der Waals surface area (Å²) in [5.74, 6) is -1.96. The number of primary amides is 1. The van der Waals surface area contributed by atoms with Crippen LogP contribution in [-0.2, 0) is 4.79 Å². The second kappa shape index (κ2) is 1.50. The Bertz CT molecular complexity index is 254. The first-order valence-electron chi connectivity index (χ1n) is 5.68. The quantitative estimate of drug-likeness (QED) is 0.493. The number of hydrogen-bond acceptors (Lipinski definition) is 2. The van der Waals surface area contributed by atoms with Gasteiger partial charge in [-0.05, 0) is 13.7 Å². The molecule has 0 heterocycles. The summed E-state index contributed by atoms with van der Waals surface area (Å²) < 4.78 is 61.3. The van der Waals surface area contributed by atoms with Crippen molar-refractivity contribution in [1.29, 1.82) is 1.43 Å². The highest BCUT2D eigenvalue weighted by molar-refractivity contribution is 5.81. The van der Waals surface area contributed by atoms with E-state index < -0.39 is 30.9 Å². The average molecular weight is 112 g/mol. The van der Waals surface area contributed by atoms with Crippen LogP contribution in [0.1, 0.15) is 21.9 Å². The molecule has 0 aliphatic carbocycles. The highest BCUT2D eigenvalue weighted by Crippen LogP contribution is 1.95. The summed E-state index contributed by atoms with van der Waals surface area (Å²) in [6.07, 6.45) is 0. The minimum atomic E-state index is -3.52. The summed E-state index contributed by atoms with van der Waals surface area (Å²) in [7, 11) is 0. The van der Waals surface area contributed by atoms with E-state index in [0.29, 0.717) is 0 Å². The normalized spacial score (nSPS) is 32.9. The first kappa shape index (κ1) is 0.910. The number of carbonyl (C=O) groups is 1. The number of amides is 1. The Morgan fingerprint density at radius 3 is 3.14 bits per heavy atom. The predicted molar refractivity (Wildman–Crippen MR) is 25.5 cm³/mol. The number of aliphatic hydroxyl groups is 1. The number of nitrogens with two attached hydrogens (primary N) is 1. The van der Waals surface area contributed by atoms with Crippen LogP contribution in [0.4, 0.5) is 0 Å². The van der Waals surface area contributed by atoms with Crippen LogP contribution in [0, 0.1) is 0 Å². The van der Waals surface area contributed by atoms with Gasteiger partial charge >= 0.3 is 0 Å². The van der Waals surface area contributed by atoms with Crippen LogP contribution in [0.25, 0.3) is 0 Å². The Morgan fingerprint density at radius 1 is 2.29 bits per heavy atom. The zero-order valence-corrected chi connectivity index (χ0v) is 3.26. The van der Waals surface area contributed by atoms with Gasteiger partial charge in [0.15, 0.2) is 2.82 Å². The van der Waals surface area contributed by atoms with Gasteiger partial charge in [0, 0.05) is 8.22 Å². The fourth-order valence-electron chi connectivity index (χ4n) is 0. The van der Waals surface area contributed by atoms with Crippen LogP contribution < -0.4 is 5.72 Å². The van der Waals surface area contributed by atoms with E-state index in [0.717, 1.165) is 0 Å². The largest absolute Gasteiger partial charge is 0.381 e. The average Bonchev–Trinajstić information content (AvgIpc) is 2.00. The molecule has 0 unspecified atom stereocenters. The molecule has 0 bridgehead atoms. The van der Waals surface area contributed by atoms with E-state index in [1.54, 1.807) is 0 Å². The summed E-state index contributed by atoms with van der Waals surface area (Å²) >= 11 is 0. The van der Waals surface area contributed by atoms with E-state index in [9.17, 15) is 4.79 Å². The third-order valence-corrected chi connectivity index (χ3v) is 0.301. The van der Waals surface area contributed by atoms with Gasteiger partial charge < -0.3 is 10.8 Å². The summed E-state index contributed by atoms with van der Waals surface area (Å²) in [4.78, 5) is 11.3. The molecule has 0 aromatic carbocycles. The van der Waals surface area contributed by atoms with E-state index in [2.05, 4.69) is 5.11 Å². The standard InChI is InChI=1S/C4H9NO2/c1-4(2,7)3(5)6/h7H,1-2H3,(H2,5,6)/i1D3,2D3,7D/hD2. The van der Waals surface area contributed by atoms with Gasteiger partial charge in [-0.2, -0.15) is 0 Å². The Balaban J connectivity index is 5.78. The van der Waals surface area contributed by atoms with Gasteiger partial charge in [0.1, 0.15) is 5.60 Å². The Hall–Kier alpha value is -0.570. The van der Waals surface area contributed by atoms with Crippen molar-refractivity contribution in [3.8, 4) is 0 Å². The van der Waals surface area contributed by atoms with Crippen molar-refractivity contribution in [1.82, 2.24) is 0 Å². The van der Waals surface area contributed by atoms with Gasteiger partial charge in [0.05, 0.1) is 0 Å². The first-order chi connectivity index (χ1) is 6.91. The van der Waals surface area contributed by atoms with Crippen LogP contribution >= 0.6 is 0 Å². The van der Waals surface area contributed by atoms with E-state index >= 15 is 0 Å². The maximum atomic E-state index is 11.3. The van der Waals surface area contributed by atoms with E-state index in [4.69, 9.17) is 12.5 Å². The van der Waals surface area contributed by atoms with Gasteiger partial charge in [0.25, 0.3) is 0 Å². The zero-order valence-electron chi connectivity index (χ0n) is 12.3. The molecule has 0 aromatic rings. The van der Waals surface area contributed by atoms with Gasteiger partial charge in [-0.3, -0.25) is 4.79 Å². The lowest BCUT2D eigenvalue weighted by atomic mass is 10.1. The predicted octanol–water partition coefficient (Wildman–Crippen LogP) is -0.757. The molecule has 3 nitrogen and oxygen atoms in total. The maximum absolute atomic E-state index is 11.3. The number of hydrogen-bond donors (Lipinski definition) is 2. The molecular weight excluding hydrogens is 94.0 g/mol. The van der Waals surface area contributed by atoms with Crippen molar-refractivity contribution in [3.63, 3.8) is 0 Å². The molecule has 0 rings (SSSR count). The monoisotopic (exact) mass is 112 g/mol. The third kappa shape index (κ3) is 2.17. The zero-order chi connectivity index (χ0) is 13.4. The summed E-state index contributed by atoms with van der Waals surface area (Å²) in [6, 6.07) is 0. The molecule has 42 valence electrons. The Kier molecular flexibility index (Phi) is 0.195. The molecule has 0 saturated heterocycles. The number of carbonyl (C=O) groups excluding carboxylic acids is 1. The lowest BCUT2D eigenvalue weighted by molar-refractivity contribution is -0.132. The van der Waals surface area contributed by atoms with E-state index in [-0.39, 0.29) is 0 Å². The molecule has 3 N–H and O–H groups in total. The van der Waals surface area contributed by atoms with E-state index in [1.807, 2.05) is 0 Å². The molecule has 0 aliphatic heterocycles. The van der Waals surface area contributed by atoms with Crippen molar-refractivity contribution in [3.05, 3.63) is 0 Å². The van der Waals surface area contributed by atoms with Crippen LogP contribution in [0.5, 0.6) is 0 Å². The van der Waals surface area contributed by atoms with Crippen molar-refractivity contribution < 1.29 is 21.0 Å². The molecule has 0 atom stereocenters. The second-order valence-electron chi connectivity index (χ2n) is 0.986. The fourth-order valence-corrected chi connectivity index (χ4v) is 0. The fraction of sp³-hybridized carbons (Fsp3) is 0.750. The van der Waals surface area contributed by atoms with Gasteiger partial charge in [0.2, 0.25) is 7.34 Å². The minimum Gasteiger partial charge on any atom is -0.381 e. The second-order valence-corrected chi connectivity index (χ2v) is 0.986. The smallest absolute Gasteiger partial charge is 0.248 e. The summed E-state index contributed by atoms with van der Waals surface area (Å²) in [6.45, 7) is -7.01. The molecule has 7 heavy (non-hydrogen) atoms. The van der Waals surface area contributed by atoms with Gasteiger partial charge in [-0.1, -0.05) is 0 Å². The molecule has 1 amide bonds.